The molecule has 70 valence electrons. The van der Waals surface area contributed by atoms with E-state index >= 15 is 0 Å². The Hall–Kier alpha value is -0.830. The number of carboxylic acids is 1. The largest absolute Gasteiger partial charge is 0.478 e. The highest BCUT2D eigenvalue weighted by Crippen LogP contribution is 1.95. The van der Waals surface area contributed by atoms with E-state index in [1.165, 1.54) is 0 Å². The zero-order valence-electron chi connectivity index (χ0n) is 7.60. The summed E-state index contributed by atoms with van der Waals surface area (Å²) in [6.07, 6.45) is 2.82. The quantitative estimate of drug-likeness (QED) is 0.449. The van der Waals surface area contributed by atoms with Crippen LogP contribution in [-0.4, -0.2) is 24.2 Å². The normalized spacial score (nSPS) is 9.75. The van der Waals surface area contributed by atoms with Gasteiger partial charge in [-0.1, -0.05) is 19.9 Å². The number of nitrogens with one attached hydrogen (secondary N) is 1. The number of carboxylic acid groups (broad SMARTS) is 1. The molecule has 0 aromatic carbocycles. The van der Waals surface area contributed by atoms with Crippen LogP contribution >= 0.6 is 0 Å². The predicted molar refractivity (Wildman–Crippen MR) is 49.2 cm³/mol. The number of hydrogen-bond donors (Lipinski definition) is 2. The van der Waals surface area contributed by atoms with Crippen molar-refractivity contribution < 1.29 is 9.90 Å². The van der Waals surface area contributed by atoms with E-state index in [0.717, 1.165) is 19.4 Å². The molecule has 2 N–H and O–H groups in total. The van der Waals surface area contributed by atoms with Crippen LogP contribution in [0.1, 0.15) is 26.2 Å². The maximum absolute atomic E-state index is 10.3. The average Bonchev–Trinajstić information content (AvgIpc) is 2.03. The molecule has 3 heteroatoms. The minimum Gasteiger partial charge on any atom is -0.478 e. The molecule has 0 saturated heterocycles. The fourth-order valence-corrected chi connectivity index (χ4v) is 0.773. The highest BCUT2D eigenvalue weighted by molar-refractivity contribution is 5.85. The Morgan fingerprint density at radius 2 is 2.17 bits per heavy atom. The maximum Gasteiger partial charge on any atom is 0.330 e. The predicted octanol–water partition coefficient (Wildman–Crippen LogP) is 1.41. The van der Waals surface area contributed by atoms with Crippen molar-refractivity contribution in [3.63, 3.8) is 0 Å². The van der Waals surface area contributed by atoms with Gasteiger partial charge in [0.1, 0.15) is 0 Å². The third kappa shape index (κ3) is 5.92. The lowest BCUT2D eigenvalue weighted by Crippen LogP contribution is -2.18. The zero-order chi connectivity index (χ0) is 9.40. The summed E-state index contributed by atoms with van der Waals surface area (Å²) >= 11 is 0. The standard InChI is InChI=1S/C9H17NO2/c1-3-4-6-10-7-5-8(2)9(11)12/h10H,2-7H2,1H3,(H,11,12). The molecule has 0 radical (unpaired) electrons. The van der Waals surface area contributed by atoms with Gasteiger partial charge in [-0.15, -0.1) is 0 Å². The van der Waals surface area contributed by atoms with Gasteiger partial charge in [-0.25, -0.2) is 4.79 Å². The number of aliphatic carboxylic acids is 1. The number of carbonyl (C=O) groups is 1. The van der Waals surface area contributed by atoms with Gasteiger partial charge in [0.25, 0.3) is 0 Å². The molecule has 0 bridgehead atoms. The minimum absolute atomic E-state index is 0.277. The first-order valence-electron chi connectivity index (χ1n) is 4.30. The molecule has 0 spiro atoms. The van der Waals surface area contributed by atoms with E-state index in [0.29, 0.717) is 13.0 Å². The fraction of sp³-hybridized carbons (Fsp3) is 0.667. The smallest absolute Gasteiger partial charge is 0.330 e. The molecule has 0 aliphatic heterocycles. The Balaban J connectivity index is 3.20. The Labute approximate surface area is 73.5 Å². The highest BCUT2D eigenvalue weighted by Gasteiger charge is 2.01. The van der Waals surface area contributed by atoms with Crippen LogP contribution in [-0.2, 0) is 4.79 Å². The molecular formula is C9H17NO2. The van der Waals surface area contributed by atoms with Gasteiger partial charge in [0.15, 0.2) is 0 Å². The second kappa shape index (κ2) is 6.85. The van der Waals surface area contributed by atoms with Crippen molar-refractivity contribution in [2.75, 3.05) is 13.1 Å². The van der Waals surface area contributed by atoms with Gasteiger partial charge >= 0.3 is 5.97 Å². The van der Waals surface area contributed by atoms with E-state index in [4.69, 9.17) is 5.11 Å². The highest BCUT2D eigenvalue weighted by atomic mass is 16.4. The Bertz CT molecular complexity index is 155. The van der Waals surface area contributed by atoms with Crippen LogP contribution in [0.3, 0.4) is 0 Å². The summed E-state index contributed by atoms with van der Waals surface area (Å²) in [5, 5.41) is 11.6. The molecule has 0 heterocycles. The Kier molecular flexibility index (Phi) is 6.38. The maximum atomic E-state index is 10.3. The van der Waals surface area contributed by atoms with Crippen LogP contribution in [0, 0.1) is 0 Å². The van der Waals surface area contributed by atoms with Gasteiger partial charge < -0.3 is 10.4 Å². The van der Waals surface area contributed by atoms with Crippen molar-refractivity contribution in [2.45, 2.75) is 26.2 Å². The van der Waals surface area contributed by atoms with Crippen molar-refractivity contribution in [1.82, 2.24) is 5.32 Å². The zero-order valence-corrected chi connectivity index (χ0v) is 7.60. The van der Waals surface area contributed by atoms with Gasteiger partial charge in [0.2, 0.25) is 0 Å². The van der Waals surface area contributed by atoms with Crippen molar-refractivity contribution in [1.29, 1.82) is 0 Å². The van der Waals surface area contributed by atoms with Crippen molar-refractivity contribution in [3.8, 4) is 0 Å². The number of rotatable bonds is 7. The fourth-order valence-electron chi connectivity index (χ4n) is 0.773. The van der Waals surface area contributed by atoms with Crippen LogP contribution in [0.15, 0.2) is 12.2 Å². The molecule has 0 aliphatic carbocycles. The lowest BCUT2D eigenvalue weighted by Gasteiger charge is -2.02. The van der Waals surface area contributed by atoms with E-state index in [2.05, 4.69) is 18.8 Å². The minimum atomic E-state index is -0.896. The lowest BCUT2D eigenvalue weighted by molar-refractivity contribution is -0.132. The van der Waals surface area contributed by atoms with Crippen LogP contribution in [0.2, 0.25) is 0 Å². The van der Waals surface area contributed by atoms with Gasteiger partial charge in [-0.3, -0.25) is 0 Å². The molecule has 0 rings (SSSR count). The molecule has 0 aromatic heterocycles. The topological polar surface area (TPSA) is 49.3 Å². The summed E-state index contributed by atoms with van der Waals surface area (Å²) in [6.45, 7) is 7.23. The van der Waals surface area contributed by atoms with Crippen LogP contribution < -0.4 is 5.32 Å². The van der Waals surface area contributed by atoms with Crippen molar-refractivity contribution in [3.05, 3.63) is 12.2 Å². The molecule has 0 aromatic rings. The molecule has 12 heavy (non-hydrogen) atoms. The van der Waals surface area contributed by atoms with Crippen LogP contribution in [0.25, 0.3) is 0 Å². The third-order valence-corrected chi connectivity index (χ3v) is 1.61. The molecule has 0 amide bonds. The van der Waals surface area contributed by atoms with E-state index in [-0.39, 0.29) is 5.57 Å². The van der Waals surface area contributed by atoms with Crippen molar-refractivity contribution in [2.24, 2.45) is 0 Å². The number of hydrogen-bond acceptors (Lipinski definition) is 2. The molecule has 0 fully saturated rings. The van der Waals surface area contributed by atoms with Gasteiger partial charge in [0.05, 0.1) is 0 Å². The first-order valence-corrected chi connectivity index (χ1v) is 4.30. The second-order valence-electron chi connectivity index (χ2n) is 2.76. The van der Waals surface area contributed by atoms with E-state index in [9.17, 15) is 4.79 Å². The molecular weight excluding hydrogens is 154 g/mol. The van der Waals surface area contributed by atoms with Crippen molar-refractivity contribution >= 4 is 5.97 Å². The van der Waals surface area contributed by atoms with E-state index in [1.807, 2.05) is 0 Å². The first-order chi connectivity index (χ1) is 5.68. The molecule has 0 aliphatic rings. The molecule has 3 nitrogen and oxygen atoms in total. The Morgan fingerprint density at radius 1 is 1.50 bits per heavy atom. The summed E-state index contributed by atoms with van der Waals surface area (Å²) in [4.78, 5) is 10.3. The summed E-state index contributed by atoms with van der Waals surface area (Å²) in [6, 6.07) is 0. The SMILES string of the molecule is C=C(CCNCCCC)C(=O)O. The van der Waals surface area contributed by atoms with E-state index in [1.54, 1.807) is 0 Å². The molecule has 0 unspecified atom stereocenters. The average molecular weight is 171 g/mol. The van der Waals surface area contributed by atoms with E-state index < -0.39 is 5.97 Å². The molecule has 0 atom stereocenters. The molecule has 0 saturated carbocycles. The Morgan fingerprint density at radius 3 is 2.67 bits per heavy atom. The second-order valence-corrected chi connectivity index (χ2v) is 2.76. The first kappa shape index (κ1) is 11.2. The summed E-state index contributed by atoms with van der Waals surface area (Å²) in [7, 11) is 0. The third-order valence-electron chi connectivity index (χ3n) is 1.61. The van der Waals surface area contributed by atoms with Gasteiger partial charge in [-0.2, -0.15) is 0 Å². The summed E-state index contributed by atoms with van der Waals surface area (Å²) in [5.41, 5.74) is 0.277. The number of unbranched alkanes of at least 4 members (excludes halogenated alkanes) is 1. The summed E-state index contributed by atoms with van der Waals surface area (Å²) < 4.78 is 0. The van der Waals surface area contributed by atoms with Gasteiger partial charge in [0, 0.05) is 5.57 Å². The van der Waals surface area contributed by atoms with Gasteiger partial charge in [-0.05, 0) is 25.9 Å². The van der Waals surface area contributed by atoms with Crippen LogP contribution in [0.5, 0.6) is 0 Å². The monoisotopic (exact) mass is 171 g/mol. The lowest BCUT2D eigenvalue weighted by atomic mass is 10.2. The summed E-state index contributed by atoms with van der Waals surface area (Å²) in [5.74, 6) is -0.896. The van der Waals surface area contributed by atoms with Crippen LogP contribution in [0.4, 0.5) is 0 Å².